The number of hydrogen-bond acceptors (Lipinski definition) is 6. The Kier molecular flexibility index (Phi) is 4.74. The van der Waals surface area contributed by atoms with E-state index < -0.39 is 0 Å². The van der Waals surface area contributed by atoms with Crippen LogP contribution in [-0.2, 0) is 6.54 Å². The minimum Gasteiger partial charge on any atom is -0.441 e. The Labute approximate surface area is 156 Å². The minimum absolute atomic E-state index is 0.186. The number of aromatic nitrogens is 2. The minimum atomic E-state index is -0.186. The van der Waals surface area contributed by atoms with Gasteiger partial charge in [0.15, 0.2) is 16.6 Å². The normalized spacial score (nSPS) is 16.2. The molecule has 0 atom stereocenters. The summed E-state index contributed by atoms with van der Waals surface area (Å²) in [5.41, 5.74) is 2.93. The summed E-state index contributed by atoms with van der Waals surface area (Å²) in [4.78, 5) is 23.7. The number of nitrogens with one attached hydrogen (secondary N) is 1. The van der Waals surface area contributed by atoms with E-state index in [2.05, 4.69) is 27.1 Å². The Bertz CT molecular complexity index is 925. The predicted octanol–water partition coefficient (Wildman–Crippen LogP) is 4.08. The lowest BCUT2D eigenvalue weighted by Gasteiger charge is -2.29. The van der Waals surface area contributed by atoms with Crippen LogP contribution < -0.4 is 5.32 Å². The van der Waals surface area contributed by atoms with Gasteiger partial charge in [-0.2, -0.15) is 0 Å². The molecule has 1 amide bonds. The summed E-state index contributed by atoms with van der Waals surface area (Å²) in [6.07, 6.45) is 2.49. The van der Waals surface area contributed by atoms with E-state index in [1.54, 1.807) is 25.1 Å². The first-order valence-electron chi connectivity index (χ1n) is 8.92. The molecule has 0 spiro atoms. The van der Waals surface area contributed by atoms with Crippen LogP contribution in [0.5, 0.6) is 0 Å². The number of thiazole rings is 1. The number of carbonyl (C=O) groups is 1. The third kappa shape index (κ3) is 3.78. The maximum absolute atomic E-state index is 12.5. The van der Waals surface area contributed by atoms with Crippen LogP contribution in [0.2, 0.25) is 0 Å². The molecule has 1 aliphatic heterocycles. The van der Waals surface area contributed by atoms with E-state index in [0.717, 1.165) is 36.8 Å². The first-order chi connectivity index (χ1) is 12.6. The summed E-state index contributed by atoms with van der Waals surface area (Å²) in [6.45, 7) is 7.20. The van der Waals surface area contributed by atoms with E-state index in [-0.39, 0.29) is 5.91 Å². The smallest absolute Gasteiger partial charge is 0.257 e. The van der Waals surface area contributed by atoms with Crippen LogP contribution in [0.1, 0.15) is 41.7 Å². The van der Waals surface area contributed by atoms with Crippen LogP contribution in [0.4, 0.5) is 5.13 Å². The Morgan fingerprint density at radius 3 is 2.96 bits per heavy atom. The number of fused-ring (bicyclic) bond motifs is 1. The lowest BCUT2D eigenvalue weighted by Crippen LogP contribution is -2.32. The monoisotopic (exact) mass is 370 g/mol. The highest BCUT2D eigenvalue weighted by atomic mass is 32.1. The van der Waals surface area contributed by atoms with Gasteiger partial charge in [-0.3, -0.25) is 15.0 Å². The molecule has 4 rings (SSSR count). The zero-order valence-electron chi connectivity index (χ0n) is 15.0. The summed E-state index contributed by atoms with van der Waals surface area (Å²) in [7, 11) is 0. The van der Waals surface area contributed by atoms with Crippen molar-refractivity contribution in [3.05, 3.63) is 40.7 Å². The number of benzene rings is 1. The number of hydrogen-bond donors (Lipinski definition) is 1. The molecular formula is C19H22N4O2S. The van der Waals surface area contributed by atoms with Gasteiger partial charge in [-0.15, -0.1) is 11.3 Å². The van der Waals surface area contributed by atoms with Crippen molar-refractivity contribution in [2.75, 3.05) is 18.4 Å². The average molecular weight is 370 g/mol. The molecular weight excluding hydrogens is 348 g/mol. The van der Waals surface area contributed by atoms with Crippen molar-refractivity contribution >= 4 is 33.5 Å². The number of carbonyl (C=O) groups excluding carboxylic acids is 1. The number of likely N-dealkylation sites (tertiary alicyclic amines) is 1. The van der Waals surface area contributed by atoms with Crippen molar-refractivity contribution in [2.45, 2.75) is 33.2 Å². The van der Waals surface area contributed by atoms with Gasteiger partial charge in [0.25, 0.3) is 5.91 Å². The van der Waals surface area contributed by atoms with E-state index in [4.69, 9.17) is 4.42 Å². The maximum Gasteiger partial charge on any atom is 0.257 e. The molecule has 1 aromatic carbocycles. The molecule has 2 aromatic heterocycles. The van der Waals surface area contributed by atoms with Crippen LogP contribution in [-0.4, -0.2) is 33.9 Å². The Hall–Kier alpha value is -2.25. The first kappa shape index (κ1) is 17.2. The second kappa shape index (κ2) is 7.17. The molecule has 0 aliphatic carbocycles. The van der Waals surface area contributed by atoms with Gasteiger partial charge in [-0.05, 0) is 50.0 Å². The highest BCUT2D eigenvalue weighted by Crippen LogP contribution is 2.22. The van der Waals surface area contributed by atoms with Gasteiger partial charge >= 0.3 is 0 Å². The molecule has 1 saturated heterocycles. The van der Waals surface area contributed by atoms with Crippen molar-refractivity contribution in [1.82, 2.24) is 14.9 Å². The van der Waals surface area contributed by atoms with Gasteiger partial charge in [0.1, 0.15) is 5.52 Å². The van der Waals surface area contributed by atoms with Crippen molar-refractivity contribution in [3.8, 4) is 0 Å². The quantitative estimate of drug-likeness (QED) is 0.749. The van der Waals surface area contributed by atoms with Crippen LogP contribution in [0.25, 0.3) is 11.1 Å². The van der Waals surface area contributed by atoms with E-state index in [1.807, 2.05) is 5.38 Å². The number of aryl methyl sites for hydroxylation is 1. The summed E-state index contributed by atoms with van der Waals surface area (Å²) in [5, 5.41) is 5.54. The van der Waals surface area contributed by atoms with E-state index in [9.17, 15) is 4.79 Å². The molecule has 136 valence electrons. The zero-order valence-corrected chi connectivity index (χ0v) is 15.8. The number of nitrogens with zero attached hydrogens (tertiary/aromatic N) is 3. The third-order valence-corrected chi connectivity index (χ3v) is 5.60. The van der Waals surface area contributed by atoms with Crippen molar-refractivity contribution in [3.63, 3.8) is 0 Å². The molecule has 0 saturated carbocycles. The largest absolute Gasteiger partial charge is 0.441 e. The molecule has 1 N–H and O–H groups in total. The molecule has 3 heterocycles. The first-order valence-corrected chi connectivity index (χ1v) is 9.80. The van der Waals surface area contributed by atoms with Crippen molar-refractivity contribution < 1.29 is 9.21 Å². The number of rotatable bonds is 4. The molecule has 6 nitrogen and oxygen atoms in total. The van der Waals surface area contributed by atoms with Crippen molar-refractivity contribution in [2.24, 2.45) is 5.92 Å². The molecule has 1 aliphatic rings. The predicted molar refractivity (Wildman–Crippen MR) is 102 cm³/mol. The fourth-order valence-electron chi connectivity index (χ4n) is 3.24. The molecule has 26 heavy (non-hydrogen) atoms. The average Bonchev–Trinajstić information content (AvgIpc) is 3.21. The van der Waals surface area contributed by atoms with E-state index in [0.29, 0.717) is 22.2 Å². The zero-order chi connectivity index (χ0) is 18.1. The highest BCUT2D eigenvalue weighted by Gasteiger charge is 2.17. The number of oxazole rings is 1. The molecule has 0 bridgehead atoms. The van der Waals surface area contributed by atoms with Crippen molar-refractivity contribution in [1.29, 1.82) is 0 Å². The molecule has 7 heteroatoms. The molecule has 0 radical (unpaired) electrons. The standard InChI is InChI=1S/C19H22N4O2S/c1-12-5-7-23(8-6-12)10-15-11-26-19(21-15)22-18(24)14-3-4-16-17(9-14)25-13(2)20-16/h3-4,9,11-12H,5-8,10H2,1-2H3,(H,21,22,24). The van der Waals surface area contributed by atoms with E-state index >= 15 is 0 Å². The Balaban J connectivity index is 1.40. The summed E-state index contributed by atoms with van der Waals surface area (Å²) < 4.78 is 5.50. The number of anilines is 1. The SMILES string of the molecule is Cc1nc2ccc(C(=O)Nc3nc(CN4CCC(C)CC4)cs3)cc2o1. The number of piperidine rings is 1. The van der Waals surface area contributed by atoms with Gasteiger partial charge in [-0.1, -0.05) is 6.92 Å². The topological polar surface area (TPSA) is 71.3 Å². The van der Waals surface area contributed by atoms with Crippen LogP contribution >= 0.6 is 11.3 Å². The fraction of sp³-hybridized carbons (Fsp3) is 0.421. The second-order valence-electron chi connectivity index (χ2n) is 6.97. The van der Waals surface area contributed by atoms with E-state index in [1.165, 1.54) is 24.2 Å². The van der Waals surface area contributed by atoms with Gasteiger partial charge < -0.3 is 4.42 Å². The van der Waals surface area contributed by atoms with Crippen LogP contribution in [0, 0.1) is 12.8 Å². The summed E-state index contributed by atoms with van der Waals surface area (Å²) in [5.74, 6) is 1.23. The van der Waals surface area contributed by atoms with Gasteiger partial charge in [0.2, 0.25) is 0 Å². The fourth-order valence-corrected chi connectivity index (χ4v) is 3.93. The molecule has 1 fully saturated rings. The Morgan fingerprint density at radius 1 is 1.35 bits per heavy atom. The van der Waals surface area contributed by atoms with Crippen LogP contribution in [0.15, 0.2) is 28.0 Å². The maximum atomic E-state index is 12.5. The Morgan fingerprint density at radius 2 is 2.15 bits per heavy atom. The molecule has 3 aromatic rings. The van der Waals surface area contributed by atoms with Gasteiger partial charge in [0.05, 0.1) is 5.69 Å². The van der Waals surface area contributed by atoms with Gasteiger partial charge in [-0.25, -0.2) is 9.97 Å². The lowest BCUT2D eigenvalue weighted by molar-refractivity contribution is 0.102. The second-order valence-corrected chi connectivity index (χ2v) is 7.83. The van der Waals surface area contributed by atoms with Crippen LogP contribution in [0.3, 0.4) is 0 Å². The summed E-state index contributed by atoms with van der Waals surface area (Å²) >= 11 is 1.46. The number of amides is 1. The highest BCUT2D eigenvalue weighted by molar-refractivity contribution is 7.13. The molecule has 0 unspecified atom stereocenters. The van der Waals surface area contributed by atoms with Gasteiger partial charge in [0, 0.05) is 24.4 Å². The third-order valence-electron chi connectivity index (χ3n) is 4.79. The summed E-state index contributed by atoms with van der Waals surface area (Å²) in [6, 6.07) is 5.27. The lowest BCUT2D eigenvalue weighted by atomic mass is 9.99.